The molecular formula is C25H22F2N4O2. The number of carbonyl (C=O) groups is 1. The summed E-state index contributed by atoms with van der Waals surface area (Å²) >= 11 is 0. The van der Waals surface area contributed by atoms with E-state index in [4.69, 9.17) is 4.74 Å². The highest BCUT2D eigenvalue weighted by molar-refractivity contribution is 5.99. The highest BCUT2D eigenvalue weighted by atomic mass is 19.1. The van der Waals surface area contributed by atoms with Crippen molar-refractivity contribution in [2.24, 2.45) is 11.8 Å². The van der Waals surface area contributed by atoms with Gasteiger partial charge in [-0.3, -0.25) is 9.78 Å². The van der Waals surface area contributed by atoms with Crippen LogP contribution in [-0.4, -0.2) is 42.2 Å². The number of fused-ring (bicyclic) bond motifs is 2. The molecule has 168 valence electrons. The number of ether oxygens (including phenoxy) is 1. The maximum Gasteiger partial charge on any atom is 0.253 e. The monoisotopic (exact) mass is 448 g/mol. The lowest BCUT2D eigenvalue weighted by atomic mass is 9.98. The predicted octanol–water partition coefficient (Wildman–Crippen LogP) is 3.34. The summed E-state index contributed by atoms with van der Waals surface area (Å²) in [5.41, 5.74) is 3.45. The fraction of sp³-hybridized carbons (Fsp3) is 0.320. The van der Waals surface area contributed by atoms with Crippen molar-refractivity contribution in [1.29, 1.82) is 0 Å². The number of nitrogens with one attached hydrogen (secondary N) is 1. The summed E-state index contributed by atoms with van der Waals surface area (Å²) in [6.07, 6.45) is 2.22. The third kappa shape index (κ3) is 3.54. The first kappa shape index (κ1) is 20.2. The third-order valence-electron chi connectivity index (χ3n) is 6.82. The van der Waals surface area contributed by atoms with Gasteiger partial charge in [0.1, 0.15) is 11.6 Å². The molecule has 6 rings (SSSR count). The van der Waals surface area contributed by atoms with Crippen LogP contribution < -0.4 is 10.2 Å². The Morgan fingerprint density at radius 1 is 1.06 bits per heavy atom. The van der Waals surface area contributed by atoms with E-state index in [1.165, 1.54) is 18.2 Å². The Morgan fingerprint density at radius 2 is 1.82 bits per heavy atom. The number of carbonyl (C=O) groups excluding carboxylic acids is 1. The molecule has 1 amide bonds. The van der Waals surface area contributed by atoms with Gasteiger partial charge in [-0.2, -0.15) is 0 Å². The van der Waals surface area contributed by atoms with Gasteiger partial charge in [-0.15, -0.1) is 0 Å². The summed E-state index contributed by atoms with van der Waals surface area (Å²) in [6, 6.07) is 9.32. The lowest BCUT2D eigenvalue weighted by Gasteiger charge is -2.19. The van der Waals surface area contributed by atoms with E-state index < -0.39 is 11.6 Å². The van der Waals surface area contributed by atoms with E-state index in [9.17, 15) is 13.6 Å². The lowest BCUT2D eigenvalue weighted by molar-refractivity contribution is 0.0965. The van der Waals surface area contributed by atoms with Gasteiger partial charge in [-0.25, -0.2) is 13.8 Å². The van der Waals surface area contributed by atoms with Gasteiger partial charge in [0.2, 0.25) is 0 Å². The molecular weight excluding hydrogens is 426 g/mol. The van der Waals surface area contributed by atoms with Crippen LogP contribution in [0.15, 0.2) is 42.6 Å². The van der Waals surface area contributed by atoms with Crippen molar-refractivity contribution in [2.75, 3.05) is 31.2 Å². The Bertz CT molecular complexity index is 1220. The van der Waals surface area contributed by atoms with Gasteiger partial charge >= 0.3 is 0 Å². The number of hydrogen-bond donors (Lipinski definition) is 1. The molecule has 2 atom stereocenters. The van der Waals surface area contributed by atoms with Crippen LogP contribution >= 0.6 is 0 Å². The largest absolute Gasteiger partial charge is 0.381 e. The first-order chi connectivity index (χ1) is 16.1. The topological polar surface area (TPSA) is 67.4 Å². The zero-order chi connectivity index (χ0) is 22.5. The Morgan fingerprint density at radius 3 is 2.52 bits per heavy atom. The van der Waals surface area contributed by atoms with Gasteiger partial charge in [0, 0.05) is 37.0 Å². The number of amides is 1. The summed E-state index contributed by atoms with van der Waals surface area (Å²) < 4.78 is 34.4. The van der Waals surface area contributed by atoms with E-state index in [-0.39, 0.29) is 23.7 Å². The minimum Gasteiger partial charge on any atom is -0.381 e. The first-order valence-electron chi connectivity index (χ1n) is 11.1. The number of nitrogens with zero attached hydrogens (tertiary/aromatic N) is 3. The van der Waals surface area contributed by atoms with Gasteiger partial charge in [0.15, 0.2) is 0 Å². The molecule has 0 unspecified atom stereocenters. The molecule has 0 spiro atoms. The second kappa shape index (κ2) is 7.88. The molecule has 8 heteroatoms. The number of hydrogen-bond acceptors (Lipinski definition) is 5. The van der Waals surface area contributed by atoms with E-state index >= 15 is 0 Å². The summed E-state index contributed by atoms with van der Waals surface area (Å²) in [4.78, 5) is 23.8. The van der Waals surface area contributed by atoms with E-state index in [0.29, 0.717) is 35.1 Å². The van der Waals surface area contributed by atoms with Crippen LogP contribution in [0.25, 0.3) is 11.3 Å². The molecule has 3 aromatic rings. The fourth-order valence-corrected chi connectivity index (χ4v) is 5.12. The third-order valence-corrected chi connectivity index (χ3v) is 6.82. The van der Waals surface area contributed by atoms with E-state index in [2.05, 4.69) is 20.2 Å². The molecule has 0 bridgehead atoms. The van der Waals surface area contributed by atoms with Crippen molar-refractivity contribution >= 4 is 11.6 Å². The molecule has 0 radical (unpaired) electrons. The number of benzene rings is 1. The Kier molecular flexibility index (Phi) is 4.83. The van der Waals surface area contributed by atoms with Gasteiger partial charge in [-0.05, 0) is 35.9 Å². The number of aromatic nitrogens is 2. The molecule has 1 N–H and O–H groups in total. The quantitative estimate of drug-likeness (QED) is 0.663. The summed E-state index contributed by atoms with van der Waals surface area (Å²) in [5, 5.41) is 2.76. The standard InChI is InChI=1S/C25H22F2N4O2/c26-19-2-1-3-20(27)24(19)21-7-14(23-22(30-21)9-29-25(23)32)6-17-4-5-18(8-28-17)31-10-15-12-33-13-16(15)11-31/h1-5,7-8,15-16H,6,9-13H2,(H,29,32)/t15-,16+. The lowest BCUT2D eigenvalue weighted by Crippen LogP contribution is -2.22. The number of halogens is 2. The highest BCUT2D eigenvalue weighted by Gasteiger charge is 2.37. The molecule has 5 heterocycles. The zero-order valence-electron chi connectivity index (χ0n) is 17.9. The second-order valence-corrected chi connectivity index (χ2v) is 8.91. The molecule has 6 nitrogen and oxygen atoms in total. The highest BCUT2D eigenvalue weighted by Crippen LogP contribution is 2.33. The van der Waals surface area contributed by atoms with Crippen molar-refractivity contribution in [3.05, 3.63) is 76.7 Å². The molecule has 33 heavy (non-hydrogen) atoms. The van der Waals surface area contributed by atoms with Crippen LogP contribution in [0.2, 0.25) is 0 Å². The minimum atomic E-state index is -0.686. The van der Waals surface area contributed by atoms with Crippen molar-refractivity contribution in [3.8, 4) is 11.3 Å². The van der Waals surface area contributed by atoms with Gasteiger partial charge in [0.05, 0.1) is 54.2 Å². The maximum absolute atomic E-state index is 14.4. The van der Waals surface area contributed by atoms with Crippen LogP contribution in [0.1, 0.15) is 27.3 Å². The summed E-state index contributed by atoms with van der Waals surface area (Å²) in [6.45, 7) is 3.83. The van der Waals surface area contributed by atoms with Crippen molar-refractivity contribution in [2.45, 2.75) is 13.0 Å². The van der Waals surface area contributed by atoms with Crippen LogP contribution in [-0.2, 0) is 17.7 Å². The van der Waals surface area contributed by atoms with Crippen LogP contribution in [0.4, 0.5) is 14.5 Å². The van der Waals surface area contributed by atoms with Gasteiger partial charge in [0.25, 0.3) is 5.91 Å². The molecule has 0 saturated carbocycles. The van der Waals surface area contributed by atoms with Crippen molar-refractivity contribution in [3.63, 3.8) is 0 Å². The smallest absolute Gasteiger partial charge is 0.253 e. The Labute approximate surface area is 189 Å². The van der Waals surface area contributed by atoms with Gasteiger partial charge in [-0.1, -0.05) is 6.07 Å². The van der Waals surface area contributed by atoms with Crippen molar-refractivity contribution < 1.29 is 18.3 Å². The maximum atomic E-state index is 14.4. The number of pyridine rings is 2. The number of rotatable bonds is 4. The average molecular weight is 448 g/mol. The van der Waals surface area contributed by atoms with Crippen LogP contribution in [0.3, 0.4) is 0 Å². The minimum absolute atomic E-state index is 0.179. The van der Waals surface area contributed by atoms with Crippen molar-refractivity contribution in [1.82, 2.24) is 15.3 Å². The molecule has 1 aromatic carbocycles. The summed E-state index contributed by atoms with van der Waals surface area (Å²) in [5.74, 6) is -0.432. The summed E-state index contributed by atoms with van der Waals surface area (Å²) in [7, 11) is 0. The fourth-order valence-electron chi connectivity index (χ4n) is 5.12. The molecule has 0 aliphatic carbocycles. The molecule has 2 aromatic heterocycles. The molecule has 3 aliphatic heterocycles. The van der Waals surface area contributed by atoms with E-state index in [0.717, 1.165) is 37.7 Å². The van der Waals surface area contributed by atoms with E-state index in [1.54, 1.807) is 6.07 Å². The number of anilines is 1. The Hall–Kier alpha value is -3.39. The second-order valence-electron chi connectivity index (χ2n) is 8.91. The SMILES string of the molecule is O=C1NCc2nc(-c3c(F)cccc3F)cc(Cc3ccc(N4C[C@H]5COC[C@H]5C4)cn3)c21. The van der Waals surface area contributed by atoms with Crippen LogP contribution in [0.5, 0.6) is 0 Å². The normalized spacial score (nSPS) is 21.3. The van der Waals surface area contributed by atoms with Gasteiger partial charge < -0.3 is 15.0 Å². The predicted molar refractivity (Wildman–Crippen MR) is 118 cm³/mol. The van der Waals surface area contributed by atoms with Crippen LogP contribution in [0, 0.1) is 23.5 Å². The molecule has 3 aliphatic rings. The molecule has 2 fully saturated rings. The zero-order valence-corrected chi connectivity index (χ0v) is 17.9. The Balaban J connectivity index is 1.31. The molecule has 2 saturated heterocycles. The first-order valence-corrected chi connectivity index (χ1v) is 11.1. The average Bonchev–Trinajstić information content (AvgIpc) is 3.50. The van der Waals surface area contributed by atoms with E-state index in [1.807, 2.05) is 18.3 Å².